The summed E-state index contributed by atoms with van der Waals surface area (Å²) in [6, 6.07) is 5.88. The highest BCUT2D eigenvalue weighted by atomic mass is 19.3. The third kappa shape index (κ3) is 2.12. The SMILES string of the molecule is Cc1ccccc1C(O)C(F)(F)C(=O)O. The lowest BCUT2D eigenvalue weighted by Crippen LogP contribution is -2.35. The molecule has 1 unspecified atom stereocenters. The molecule has 0 aliphatic carbocycles. The summed E-state index contributed by atoms with van der Waals surface area (Å²) in [7, 11) is 0. The van der Waals surface area contributed by atoms with Gasteiger partial charge in [0.25, 0.3) is 0 Å². The molecule has 1 aromatic carbocycles. The fourth-order valence-electron chi connectivity index (χ4n) is 1.21. The maximum atomic E-state index is 13.0. The summed E-state index contributed by atoms with van der Waals surface area (Å²) in [6.07, 6.45) is -2.32. The summed E-state index contributed by atoms with van der Waals surface area (Å²) in [5.74, 6) is -6.51. The van der Waals surface area contributed by atoms with Crippen molar-refractivity contribution in [2.45, 2.75) is 19.0 Å². The molecule has 0 aliphatic rings. The zero-order valence-corrected chi connectivity index (χ0v) is 7.95. The van der Waals surface area contributed by atoms with Crippen LogP contribution in [0.25, 0.3) is 0 Å². The average Bonchev–Trinajstić information content (AvgIpc) is 2.17. The van der Waals surface area contributed by atoms with E-state index in [-0.39, 0.29) is 5.56 Å². The van der Waals surface area contributed by atoms with Crippen molar-refractivity contribution in [3.05, 3.63) is 35.4 Å². The highest BCUT2D eigenvalue weighted by Crippen LogP contribution is 2.32. The second kappa shape index (κ2) is 3.94. The minimum absolute atomic E-state index is 0.0788. The molecule has 0 fully saturated rings. The van der Waals surface area contributed by atoms with E-state index in [2.05, 4.69) is 0 Å². The maximum Gasteiger partial charge on any atom is 0.377 e. The average molecular weight is 216 g/mol. The van der Waals surface area contributed by atoms with Gasteiger partial charge in [-0.2, -0.15) is 8.78 Å². The van der Waals surface area contributed by atoms with Crippen LogP contribution in [0.4, 0.5) is 8.78 Å². The summed E-state index contributed by atoms with van der Waals surface area (Å²) < 4.78 is 25.9. The Morgan fingerprint density at radius 2 is 1.93 bits per heavy atom. The molecule has 1 atom stereocenters. The zero-order chi connectivity index (χ0) is 11.6. The van der Waals surface area contributed by atoms with E-state index >= 15 is 0 Å². The molecule has 0 spiro atoms. The third-order valence-electron chi connectivity index (χ3n) is 2.11. The van der Waals surface area contributed by atoms with Crippen LogP contribution in [-0.4, -0.2) is 22.1 Å². The fourth-order valence-corrected chi connectivity index (χ4v) is 1.21. The number of carboxylic acid groups (broad SMARTS) is 1. The number of hydrogen-bond donors (Lipinski definition) is 2. The van der Waals surface area contributed by atoms with Gasteiger partial charge < -0.3 is 10.2 Å². The molecule has 0 aliphatic heterocycles. The molecule has 0 saturated heterocycles. The number of alkyl halides is 2. The minimum atomic E-state index is -4.17. The first-order valence-electron chi connectivity index (χ1n) is 4.22. The number of carboxylic acids is 1. The van der Waals surface area contributed by atoms with Gasteiger partial charge in [-0.1, -0.05) is 24.3 Å². The molecule has 0 heterocycles. The van der Waals surface area contributed by atoms with Gasteiger partial charge in [0.15, 0.2) is 6.10 Å². The van der Waals surface area contributed by atoms with Crippen molar-refractivity contribution < 1.29 is 23.8 Å². The van der Waals surface area contributed by atoms with E-state index in [9.17, 15) is 18.7 Å². The number of halogens is 2. The Bertz CT molecular complexity index is 377. The molecule has 1 aromatic rings. The number of aliphatic carboxylic acids is 1. The number of benzene rings is 1. The molecule has 0 bridgehead atoms. The Labute approximate surface area is 85.0 Å². The Morgan fingerprint density at radius 3 is 2.40 bits per heavy atom. The third-order valence-corrected chi connectivity index (χ3v) is 2.11. The number of rotatable bonds is 3. The molecule has 2 N–H and O–H groups in total. The van der Waals surface area contributed by atoms with Gasteiger partial charge in [0.05, 0.1) is 0 Å². The molecule has 5 heteroatoms. The van der Waals surface area contributed by atoms with Gasteiger partial charge in [0, 0.05) is 0 Å². The van der Waals surface area contributed by atoms with Crippen LogP contribution in [0.15, 0.2) is 24.3 Å². The molecular weight excluding hydrogens is 206 g/mol. The van der Waals surface area contributed by atoms with E-state index in [0.717, 1.165) is 0 Å². The molecule has 1 rings (SSSR count). The van der Waals surface area contributed by atoms with Crippen LogP contribution in [0.2, 0.25) is 0 Å². The monoisotopic (exact) mass is 216 g/mol. The number of carbonyl (C=O) groups is 1. The van der Waals surface area contributed by atoms with Gasteiger partial charge in [-0.15, -0.1) is 0 Å². The van der Waals surface area contributed by atoms with E-state index in [1.54, 1.807) is 6.07 Å². The van der Waals surface area contributed by atoms with Crippen molar-refractivity contribution in [1.29, 1.82) is 0 Å². The van der Waals surface area contributed by atoms with Crippen molar-refractivity contribution in [1.82, 2.24) is 0 Å². The lowest BCUT2D eigenvalue weighted by molar-refractivity contribution is -0.182. The van der Waals surface area contributed by atoms with Crippen LogP contribution in [0.1, 0.15) is 17.2 Å². The lowest BCUT2D eigenvalue weighted by Gasteiger charge is -2.19. The Hall–Kier alpha value is -1.49. The lowest BCUT2D eigenvalue weighted by atomic mass is 9.99. The normalized spacial score (nSPS) is 13.6. The molecule has 3 nitrogen and oxygen atoms in total. The van der Waals surface area contributed by atoms with E-state index < -0.39 is 18.0 Å². The van der Waals surface area contributed by atoms with Gasteiger partial charge in [-0.3, -0.25) is 0 Å². The number of aliphatic hydroxyl groups is 1. The summed E-state index contributed by atoms with van der Waals surface area (Å²) in [6.45, 7) is 1.52. The predicted molar refractivity (Wildman–Crippen MR) is 48.7 cm³/mol. The molecule has 0 amide bonds. The highest BCUT2D eigenvalue weighted by Gasteiger charge is 2.48. The van der Waals surface area contributed by atoms with Gasteiger partial charge in [0.1, 0.15) is 0 Å². The molecular formula is C10H10F2O3. The summed E-state index contributed by atoms with van der Waals surface area (Å²) in [5, 5.41) is 17.5. The van der Waals surface area contributed by atoms with E-state index in [4.69, 9.17) is 5.11 Å². The van der Waals surface area contributed by atoms with Crippen LogP contribution in [0.3, 0.4) is 0 Å². The zero-order valence-electron chi connectivity index (χ0n) is 7.95. The van der Waals surface area contributed by atoms with Crippen LogP contribution in [0, 0.1) is 6.92 Å². The minimum Gasteiger partial charge on any atom is -0.477 e. The smallest absolute Gasteiger partial charge is 0.377 e. The van der Waals surface area contributed by atoms with E-state index in [0.29, 0.717) is 5.56 Å². The van der Waals surface area contributed by atoms with Gasteiger partial charge in [-0.25, -0.2) is 4.79 Å². The topological polar surface area (TPSA) is 57.5 Å². The number of aliphatic hydroxyl groups excluding tert-OH is 1. The molecule has 0 saturated carbocycles. The second-order valence-electron chi connectivity index (χ2n) is 3.19. The number of aryl methyl sites for hydroxylation is 1. The maximum absolute atomic E-state index is 13.0. The fraction of sp³-hybridized carbons (Fsp3) is 0.300. The molecule has 0 radical (unpaired) electrons. The van der Waals surface area contributed by atoms with E-state index in [1.807, 2.05) is 0 Å². The number of hydrogen-bond acceptors (Lipinski definition) is 2. The van der Waals surface area contributed by atoms with Crippen molar-refractivity contribution in [3.8, 4) is 0 Å². The Balaban J connectivity index is 3.10. The summed E-state index contributed by atoms with van der Waals surface area (Å²) in [4.78, 5) is 10.2. The van der Waals surface area contributed by atoms with Gasteiger partial charge >= 0.3 is 11.9 Å². The summed E-state index contributed by atoms with van der Waals surface area (Å²) in [5.41, 5.74) is 0.343. The van der Waals surface area contributed by atoms with Crippen molar-refractivity contribution in [2.75, 3.05) is 0 Å². The molecule has 82 valence electrons. The van der Waals surface area contributed by atoms with E-state index in [1.165, 1.54) is 25.1 Å². The van der Waals surface area contributed by atoms with Crippen LogP contribution in [-0.2, 0) is 4.79 Å². The quantitative estimate of drug-likeness (QED) is 0.809. The first-order chi connectivity index (χ1) is 6.87. The Morgan fingerprint density at radius 1 is 1.40 bits per heavy atom. The molecule has 15 heavy (non-hydrogen) atoms. The van der Waals surface area contributed by atoms with Crippen molar-refractivity contribution in [2.24, 2.45) is 0 Å². The second-order valence-corrected chi connectivity index (χ2v) is 3.19. The highest BCUT2D eigenvalue weighted by molar-refractivity contribution is 5.76. The Kier molecular flexibility index (Phi) is 3.04. The largest absolute Gasteiger partial charge is 0.477 e. The van der Waals surface area contributed by atoms with Crippen LogP contribution in [0.5, 0.6) is 0 Å². The predicted octanol–water partition coefficient (Wildman–Crippen LogP) is 1.75. The van der Waals surface area contributed by atoms with Crippen LogP contribution >= 0.6 is 0 Å². The first-order valence-corrected chi connectivity index (χ1v) is 4.22. The standard InChI is InChI=1S/C10H10F2O3/c1-6-4-2-3-5-7(6)8(13)10(11,12)9(14)15/h2-5,8,13H,1H3,(H,14,15). The first kappa shape index (κ1) is 11.6. The van der Waals surface area contributed by atoms with Crippen molar-refractivity contribution >= 4 is 5.97 Å². The van der Waals surface area contributed by atoms with Crippen LogP contribution < -0.4 is 0 Å². The molecule has 0 aromatic heterocycles. The van der Waals surface area contributed by atoms with Gasteiger partial charge in [0.2, 0.25) is 0 Å². The summed E-state index contributed by atoms with van der Waals surface area (Å²) >= 11 is 0. The van der Waals surface area contributed by atoms with Crippen molar-refractivity contribution in [3.63, 3.8) is 0 Å². The van der Waals surface area contributed by atoms with Gasteiger partial charge in [-0.05, 0) is 18.1 Å².